The van der Waals surface area contributed by atoms with Crippen molar-refractivity contribution in [3.63, 3.8) is 0 Å². The number of hydrogen-bond acceptors (Lipinski definition) is 3. The average molecular weight is 237 g/mol. The molecular weight excluding hydrogens is 224 g/mol. The van der Waals surface area contributed by atoms with Crippen LogP contribution in [0.5, 0.6) is 0 Å². The summed E-state index contributed by atoms with van der Waals surface area (Å²) in [5, 5.41) is 3.97. The number of imidazole rings is 1. The summed E-state index contributed by atoms with van der Waals surface area (Å²) in [6, 6.07) is 2.05. The molecule has 1 fully saturated rings. The van der Waals surface area contributed by atoms with Crippen molar-refractivity contribution in [3.05, 3.63) is 29.3 Å². The van der Waals surface area contributed by atoms with Crippen LogP contribution in [-0.2, 0) is 0 Å². The quantitative estimate of drug-likeness (QED) is 0.822. The van der Waals surface area contributed by atoms with Gasteiger partial charge in [0, 0.05) is 17.8 Å². The van der Waals surface area contributed by atoms with Crippen LogP contribution in [-0.4, -0.2) is 27.5 Å². The largest absolute Gasteiger partial charge is 0.317 e. The van der Waals surface area contributed by atoms with Crippen LogP contribution in [0.1, 0.15) is 24.5 Å². The Kier molecular flexibility index (Phi) is 2.53. The molecule has 1 N–H and O–H groups in total. The summed E-state index contributed by atoms with van der Waals surface area (Å²) in [6.45, 7) is 2.15. The first-order valence-corrected chi connectivity index (χ1v) is 5.92. The molecule has 0 saturated carbocycles. The zero-order chi connectivity index (χ0) is 11.0. The fourth-order valence-electron chi connectivity index (χ4n) is 2.20. The third kappa shape index (κ3) is 1.68. The predicted octanol–water partition coefficient (Wildman–Crippen LogP) is 1.85. The summed E-state index contributed by atoms with van der Waals surface area (Å²) < 4.78 is 1.80. The fourth-order valence-corrected chi connectivity index (χ4v) is 2.38. The van der Waals surface area contributed by atoms with E-state index in [9.17, 15) is 0 Å². The number of aromatic nitrogens is 3. The zero-order valence-electron chi connectivity index (χ0n) is 8.86. The smallest absolute Gasteiger partial charge is 0.235 e. The molecule has 3 rings (SSSR count). The lowest BCUT2D eigenvalue weighted by molar-refractivity contribution is 0.453. The van der Waals surface area contributed by atoms with E-state index < -0.39 is 0 Å². The molecule has 2 aromatic rings. The number of hydrogen-bond donors (Lipinski definition) is 1. The molecule has 0 aromatic carbocycles. The van der Waals surface area contributed by atoms with Gasteiger partial charge in [0.1, 0.15) is 5.15 Å². The molecule has 0 bridgehead atoms. The van der Waals surface area contributed by atoms with Gasteiger partial charge in [-0.1, -0.05) is 11.6 Å². The maximum Gasteiger partial charge on any atom is 0.235 e. The van der Waals surface area contributed by atoms with Gasteiger partial charge in [0.15, 0.2) is 0 Å². The van der Waals surface area contributed by atoms with Gasteiger partial charge >= 0.3 is 0 Å². The van der Waals surface area contributed by atoms with E-state index >= 15 is 0 Å². The predicted molar refractivity (Wildman–Crippen MR) is 62.8 cm³/mol. The number of rotatable bonds is 1. The van der Waals surface area contributed by atoms with Crippen LogP contribution in [0.2, 0.25) is 5.15 Å². The molecule has 2 aromatic heterocycles. The highest BCUT2D eigenvalue weighted by Gasteiger charge is 2.17. The Morgan fingerprint density at radius 2 is 2.19 bits per heavy atom. The van der Waals surface area contributed by atoms with E-state index in [2.05, 4.69) is 21.4 Å². The molecule has 1 aliphatic heterocycles. The first-order valence-electron chi connectivity index (χ1n) is 5.55. The Morgan fingerprint density at radius 1 is 1.38 bits per heavy atom. The van der Waals surface area contributed by atoms with Gasteiger partial charge in [-0.15, -0.1) is 0 Å². The molecule has 3 heterocycles. The SMILES string of the molecule is Clc1cnc2nc(C3CCNCC3)ccn12. The lowest BCUT2D eigenvalue weighted by atomic mass is 9.94. The van der Waals surface area contributed by atoms with E-state index in [1.165, 1.54) is 0 Å². The number of nitrogens with zero attached hydrogens (tertiary/aromatic N) is 3. The van der Waals surface area contributed by atoms with Crippen LogP contribution in [0.15, 0.2) is 18.5 Å². The second kappa shape index (κ2) is 4.03. The van der Waals surface area contributed by atoms with Crippen molar-refractivity contribution in [1.82, 2.24) is 19.7 Å². The van der Waals surface area contributed by atoms with Gasteiger partial charge in [0.25, 0.3) is 0 Å². The van der Waals surface area contributed by atoms with Crippen LogP contribution < -0.4 is 5.32 Å². The summed E-state index contributed by atoms with van der Waals surface area (Å²) in [6.07, 6.45) is 5.89. The molecule has 4 nitrogen and oxygen atoms in total. The van der Waals surface area contributed by atoms with E-state index in [1.807, 2.05) is 6.20 Å². The van der Waals surface area contributed by atoms with Crippen LogP contribution in [0.25, 0.3) is 5.78 Å². The molecular formula is C11H13ClN4. The van der Waals surface area contributed by atoms with Gasteiger partial charge in [-0.3, -0.25) is 4.40 Å². The van der Waals surface area contributed by atoms with E-state index in [0.717, 1.165) is 31.6 Å². The fraction of sp³-hybridized carbons (Fsp3) is 0.455. The Morgan fingerprint density at radius 3 is 3.00 bits per heavy atom. The summed E-state index contributed by atoms with van der Waals surface area (Å²) in [5.41, 5.74) is 1.14. The molecule has 0 spiro atoms. The van der Waals surface area contributed by atoms with E-state index in [1.54, 1.807) is 10.6 Å². The standard InChI is InChI=1S/C11H13ClN4/c12-10-7-14-11-15-9(3-6-16(10)11)8-1-4-13-5-2-8/h3,6-8,13H,1-2,4-5H2. The molecule has 1 aliphatic rings. The third-order valence-corrected chi connectivity index (χ3v) is 3.39. The second-order valence-electron chi connectivity index (χ2n) is 4.13. The number of fused-ring (bicyclic) bond motifs is 1. The monoisotopic (exact) mass is 236 g/mol. The molecule has 84 valence electrons. The highest BCUT2D eigenvalue weighted by molar-refractivity contribution is 6.29. The molecule has 0 amide bonds. The Labute approximate surface area is 98.7 Å². The lowest BCUT2D eigenvalue weighted by Gasteiger charge is -2.21. The zero-order valence-corrected chi connectivity index (χ0v) is 9.61. The minimum Gasteiger partial charge on any atom is -0.317 e. The van der Waals surface area contributed by atoms with Crippen molar-refractivity contribution in [2.45, 2.75) is 18.8 Å². The average Bonchev–Trinajstić information content (AvgIpc) is 2.72. The van der Waals surface area contributed by atoms with E-state index in [-0.39, 0.29) is 0 Å². The molecule has 1 saturated heterocycles. The van der Waals surface area contributed by atoms with Gasteiger partial charge in [0.2, 0.25) is 5.78 Å². The van der Waals surface area contributed by atoms with Crippen molar-refractivity contribution in [2.75, 3.05) is 13.1 Å². The van der Waals surface area contributed by atoms with Crippen molar-refractivity contribution in [2.24, 2.45) is 0 Å². The molecule has 16 heavy (non-hydrogen) atoms. The van der Waals surface area contributed by atoms with Gasteiger partial charge in [-0.25, -0.2) is 9.97 Å². The van der Waals surface area contributed by atoms with Crippen molar-refractivity contribution in [1.29, 1.82) is 0 Å². The summed E-state index contributed by atoms with van der Waals surface area (Å²) in [4.78, 5) is 8.74. The lowest BCUT2D eigenvalue weighted by Crippen LogP contribution is -2.27. The normalized spacial score (nSPS) is 18.1. The van der Waals surface area contributed by atoms with Crippen molar-refractivity contribution < 1.29 is 0 Å². The first-order chi connectivity index (χ1) is 7.84. The molecule has 5 heteroatoms. The number of nitrogens with one attached hydrogen (secondary N) is 1. The summed E-state index contributed by atoms with van der Waals surface area (Å²) in [5.74, 6) is 1.25. The molecule has 0 unspecified atom stereocenters. The van der Waals surface area contributed by atoms with Crippen molar-refractivity contribution in [3.8, 4) is 0 Å². The van der Waals surface area contributed by atoms with Crippen molar-refractivity contribution >= 4 is 17.4 Å². The summed E-state index contributed by atoms with van der Waals surface area (Å²) in [7, 11) is 0. The summed E-state index contributed by atoms with van der Waals surface area (Å²) >= 11 is 5.96. The molecule has 0 atom stereocenters. The first kappa shape index (κ1) is 10.1. The van der Waals surface area contributed by atoms with Crippen LogP contribution >= 0.6 is 11.6 Å². The van der Waals surface area contributed by atoms with Gasteiger partial charge in [-0.05, 0) is 32.0 Å². The molecule has 0 radical (unpaired) electrons. The Bertz CT molecular complexity index is 502. The van der Waals surface area contributed by atoms with Crippen LogP contribution in [0.3, 0.4) is 0 Å². The third-order valence-electron chi connectivity index (χ3n) is 3.11. The van der Waals surface area contributed by atoms with E-state index in [0.29, 0.717) is 16.8 Å². The Hall–Kier alpha value is -1.13. The molecule has 0 aliphatic carbocycles. The van der Waals surface area contributed by atoms with Crippen LogP contribution in [0, 0.1) is 0 Å². The van der Waals surface area contributed by atoms with E-state index in [4.69, 9.17) is 11.6 Å². The topological polar surface area (TPSA) is 42.2 Å². The second-order valence-corrected chi connectivity index (χ2v) is 4.51. The highest BCUT2D eigenvalue weighted by Crippen LogP contribution is 2.24. The minimum atomic E-state index is 0.557. The van der Waals surface area contributed by atoms with Gasteiger partial charge < -0.3 is 5.32 Å². The van der Waals surface area contributed by atoms with Crippen LogP contribution in [0.4, 0.5) is 0 Å². The van der Waals surface area contributed by atoms with Gasteiger partial charge in [-0.2, -0.15) is 0 Å². The number of piperidine rings is 1. The highest BCUT2D eigenvalue weighted by atomic mass is 35.5. The number of halogens is 1. The minimum absolute atomic E-state index is 0.557. The Balaban J connectivity index is 1.97. The van der Waals surface area contributed by atoms with Gasteiger partial charge in [0.05, 0.1) is 6.20 Å². The maximum absolute atomic E-state index is 5.96. The maximum atomic E-state index is 5.96.